The highest BCUT2D eigenvalue weighted by molar-refractivity contribution is 8.14. The Morgan fingerprint density at radius 2 is 1.75 bits per heavy atom. The summed E-state index contributed by atoms with van der Waals surface area (Å²) in [4.78, 5) is 20.7. The molecule has 0 aliphatic rings. The molecule has 0 N–H and O–H groups in total. The number of aryl methyl sites for hydroxylation is 2. The molecule has 1 aromatic carbocycles. The highest BCUT2D eigenvalue weighted by Gasteiger charge is 2.11. The lowest BCUT2D eigenvalue weighted by Crippen LogP contribution is -1.99. The number of thioether (sulfide) groups is 1. The molecular formula is C15H16N2O2S. The van der Waals surface area contributed by atoms with Gasteiger partial charge in [-0.1, -0.05) is 0 Å². The Kier molecular flexibility index (Phi) is 4.74. The second-order valence-corrected chi connectivity index (χ2v) is 5.22. The summed E-state index contributed by atoms with van der Waals surface area (Å²) in [6.07, 6.45) is 0. The van der Waals surface area contributed by atoms with E-state index in [9.17, 15) is 4.79 Å². The molecule has 104 valence electrons. The van der Waals surface area contributed by atoms with Crippen LogP contribution in [-0.2, 0) is 0 Å². The average molecular weight is 288 g/mol. The number of hydrogen-bond acceptors (Lipinski definition) is 5. The summed E-state index contributed by atoms with van der Waals surface area (Å²) in [7, 11) is 0. The van der Waals surface area contributed by atoms with Crippen LogP contribution in [0.15, 0.2) is 35.5 Å². The minimum atomic E-state index is -0.0713. The van der Waals surface area contributed by atoms with Crippen molar-refractivity contribution in [2.24, 2.45) is 0 Å². The normalized spacial score (nSPS) is 10.3. The van der Waals surface area contributed by atoms with Gasteiger partial charge >= 0.3 is 0 Å². The fourth-order valence-electron chi connectivity index (χ4n) is 1.73. The van der Waals surface area contributed by atoms with Gasteiger partial charge in [0.2, 0.25) is 5.12 Å². The molecule has 2 rings (SSSR count). The summed E-state index contributed by atoms with van der Waals surface area (Å²) in [5, 5.41) is 0.416. The zero-order valence-electron chi connectivity index (χ0n) is 11.7. The molecule has 0 atom stereocenters. The van der Waals surface area contributed by atoms with Gasteiger partial charge in [-0.3, -0.25) is 4.79 Å². The largest absolute Gasteiger partial charge is 0.494 e. The van der Waals surface area contributed by atoms with Crippen molar-refractivity contribution in [3.05, 3.63) is 47.3 Å². The van der Waals surface area contributed by atoms with Crippen molar-refractivity contribution in [2.75, 3.05) is 6.61 Å². The standard InChI is InChI=1S/C15H16N2O2S/c1-4-19-13-7-5-12(6-8-13)14(18)20-15-16-10(2)9-11(3)17-15/h5-9H,4H2,1-3H3. The summed E-state index contributed by atoms with van der Waals surface area (Å²) in [5.41, 5.74) is 2.33. The van der Waals surface area contributed by atoms with Crippen molar-refractivity contribution in [1.29, 1.82) is 0 Å². The smallest absolute Gasteiger partial charge is 0.227 e. The Balaban J connectivity index is 2.11. The fourth-order valence-corrected chi connectivity index (χ4v) is 2.53. The maximum Gasteiger partial charge on any atom is 0.227 e. The molecule has 0 aliphatic carbocycles. The van der Waals surface area contributed by atoms with Crippen LogP contribution in [0.3, 0.4) is 0 Å². The molecular weight excluding hydrogens is 272 g/mol. The van der Waals surface area contributed by atoms with Crippen LogP contribution in [0.5, 0.6) is 5.75 Å². The molecule has 0 unspecified atom stereocenters. The average Bonchev–Trinajstić information content (AvgIpc) is 2.38. The predicted molar refractivity (Wildman–Crippen MR) is 79.3 cm³/mol. The third kappa shape index (κ3) is 3.81. The first kappa shape index (κ1) is 14.5. The number of nitrogens with zero attached hydrogens (tertiary/aromatic N) is 2. The fraction of sp³-hybridized carbons (Fsp3) is 0.267. The summed E-state index contributed by atoms with van der Waals surface area (Å²) >= 11 is 1.04. The van der Waals surface area contributed by atoms with Crippen LogP contribution >= 0.6 is 11.8 Å². The first-order valence-electron chi connectivity index (χ1n) is 6.36. The SMILES string of the molecule is CCOc1ccc(C(=O)Sc2nc(C)cc(C)n2)cc1. The Morgan fingerprint density at radius 3 is 2.30 bits per heavy atom. The molecule has 0 radical (unpaired) electrons. The summed E-state index contributed by atoms with van der Waals surface area (Å²) < 4.78 is 5.35. The molecule has 5 heteroatoms. The van der Waals surface area contributed by atoms with Crippen LogP contribution in [0.25, 0.3) is 0 Å². The maximum atomic E-state index is 12.1. The van der Waals surface area contributed by atoms with Gasteiger partial charge in [0.25, 0.3) is 0 Å². The summed E-state index contributed by atoms with van der Waals surface area (Å²) in [6, 6.07) is 8.97. The van der Waals surface area contributed by atoms with E-state index >= 15 is 0 Å². The van der Waals surface area contributed by atoms with Crippen LogP contribution in [0.2, 0.25) is 0 Å². The number of ether oxygens (including phenoxy) is 1. The lowest BCUT2D eigenvalue weighted by molar-refractivity contribution is 0.108. The van der Waals surface area contributed by atoms with E-state index in [4.69, 9.17) is 4.74 Å². The van der Waals surface area contributed by atoms with Crippen LogP contribution in [-0.4, -0.2) is 21.7 Å². The van der Waals surface area contributed by atoms with Gasteiger partial charge < -0.3 is 4.74 Å². The van der Waals surface area contributed by atoms with E-state index in [1.807, 2.05) is 26.8 Å². The predicted octanol–water partition coefficient (Wildman–Crippen LogP) is 3.42. The number of hydrogen-bond donors (Lipinski definition) is 0. The number of rotatable bonds is 4. The van der Waals surface area contributed by atoms with E-state index in [0.717, 1.165) is 28.9 Å². The van der Waals surface area contributed by atoms with Gasteiger partial charge in [-0.15, -0.1) is 0 Å². The molecule has 0 spiro atoms. The first-order valence-corrected chi connectivity index (χ1v) is 7.17. The van der Waals surface area contributed by atoms with E-state index in [2.05, 4.69) is 9.97 Å². The minimum absolute atomic E-state index is 0.0713. The first-order chi connectivity index (χ1) is 9.58. The molecule has 2 aromatic rings. The van der Waals surface area contributed by atoms with Crippen molar-refractivity contribution < 1.29 is 9.53 Å². The monoisotopic (exact) mass is 288 g/mol. The van der Waals surface area contributed by atoms with Gasteiger partial charge in [-0.2, -0.15) is 0 Å². The van der Waals surface area contributed by atoms with E-state index in [1.54, 1.807) is 24.3 Å². The zero-order valence-corrected chi connectivity index (χ0v) is 12.5. The third-order valence-corrected chi connectivity index (χ3v) is 3.33. The van der Waals surface area contributed by atoms with Gasteiger partial charge in [0.15, 0.2) is 5.16 Å². The van der Waals surface area contributed by atoms with Gasteiger partial charge in [-0.25, -0.2) is 9.97 Å². The van der Waals surface area contributed by atoms with Gasteiger partial charge in [-0.05, 0) is 62.9 Å². The second-order valence-electron chi connectivity index (χ2n) is 4.28. The molecule has 20 heavy (non-hydrogen) atoms. The topological polar surface area (TPSA) is 52.1 Å². The zero-order chi connectivity index (χ0) is 14.5. The lowest BCUT2D eigenvalue weighted by atomic mass is 10.2. The van der Waals surface area contributed by atoms with Crippen LogP contribution < -0.4 is 4.74 Å². The Hall–Kier alpha value is -1.88. The molecule has 0 amide bonds. The number of carbonyl (C=O) groups excluding carboxylic acids is 1. The third-order valence-electron chi connectivity index (χ3n) is 2.55. The molecule has 0 aliphatic heterocycles. The van der Waals surface area contributed by atoms with Crippen LogP contribution in [0.4, 0.5) is 0 Å². The molecule has 0 bridgehead atoms. The molecule has 1 heterocycles. The van der Waals surface area contributed by atoms with E-state index in [0.29, 0.717) is 17.3 Å². The Morgan fingerprint density at radius 1 is 1.15 bits per heavy atom. The van der Waals surface area contributed by atoms with Crippen molar-refractivity contribution in [2.45, 2.75) is 25.9 Å². The van der Waals surface area contributed by atoms with Crippen molar-refractivity contribution in [1.82, 2.24) is 9.97 Å². The molecule has 1 aromatic heterocycles. The van der Waals surface area contributed by atoms with Crippen LogP contribution in [0, 0.1) is 13.8 Å². The molecule has 0 saturated carbocycles. The quantitative estimate of drug-likeness (QED) is 0.637. The van der Waals surface area contributed by atoms with E-state index in [-0.39, 0.29) is 5.12 Å². The van der Waals surface area contributed by atoms with E-state index in [1.165, 1.54) is 0 Å². The van der Waals surface area contributed by atoms with Crippen LogP contribution in [0.1, 0.15) is 28.7 Å². The number of benzene rings is 1. The van der Waals surface area contributed by atoms with Crippen molar-refractivity contribution in [3.63, 3.8) is 0 Å². The minimum Gasteiger partial charge on any atom is -0.494 e. The molecule has 0 fully saturated rings. The highest BCUT2D eigenvalue weighted by Crippen LogP contribution is 2.21. The molecule has 0 saturated heterocycles. The Bertz CT molecular complexity index is 592. The van der Waals surface area contributed by atoms with Gasteiger partial charge in [0.05, 0.1) is 6.61 Å². The van der Waals surface area contributed by atoms with Gasteiger partial charge in [0, 0.05) is 17.0 Å². The number of aromatic nitrogens is 2. The molecule has 4 nitrogen and oxygen atoms in total. The summed E-state index contributed by atoms with van der Waals surface area (Å²) in [6.45, 7) is 6.31. The summed E-state index contributed by atoms with van der Waals surface area (Å²) in [5.74, 6) is 0.761. The van der Waals surface area contributed by atoms with Crippen molar-refractivity contribution in [3.8, 4) is 5.75 Å². The van der Waals surface area contributed by atoms with Gasteiger partial charge in [0.1, 0.15) is 5.75 Å². The van der Waals surface area contributed by atoms with Crippen molar-refractivity contribution >= 4 is 16.9 Å². The highest BCUT2D eigenvalue weighted by atomic mass is 32.2. The second kappa shape index (κ2) is 6.52. The lowest BCUT2D eigenvalue weighted by Gasteiger charge is -2.04. The number of carbonyl (C=O) groups is 1. The Labute approximate surface area is 122 Å². The van der Waals surface area contributed by atoms with E-state index < -0.39 is 0 Å². The maximum absolute atomic E-state index is 12.1.